The van der Waals surface area contributed by atoms with Crippen molar-refractivity contribution < 1.29 is 13.6 Å². The van der Waals surface area contributed by atoms with Gasteiger partial charge in [-0.15, -0.1) is 0 Å². The lowest BCUT2D eigenvalue weighted by Crippen LogP contribution is -2.06. The molecule has 2 nitrogen and oxygen atoms in total. The van der Waals surface area contributed by atoms with E-state index in [1.807, 2.05) is 24.3 Å². The van der Waals surface area contributed by atoms with Crippen LogP contribution in [0.3, 0.4) is 0 Å². The lowest BCUT2D eigenvalue weighted by molar-refractivity contribution is 0.103. The Labute approximate surface area is 119 Å². The highest BCUT2D eigenvalue weighted by atomic mass is 19.2. The largest absolute Gasteiger partial charge is 0.398 e. The van der Waals surface area contributed by atoms with Gasteiger partial charge in [0, 0.05) is 16.8 Å². The van der Waals surface area contributed by atoms with Crippen LogP contribution in [0.2, 0.25) is 0 Å². The summed E-state index contributed by atoms with van der Waals surface area (Å²) < 4.78 is 26.2. The molecule has 0 heterocycles. The Hall–Kier alpha value is -2.75. The molecule has 0 aromatic heterocycles. The molecule has 0 saturated heterocycles. The maximum Gasteiger partial charge on any atom is 0.195 e. The molecule has 3 aromatic carbocycles. The van der Waals surface area contributed by atoms with Gasteiger partial charge in [-0.2, -0.15) is 0 Å². The van der Waals surface area contributed by atoms with Crippen molar-refractivity contribution in [1.82, 2.24) is 0 Å². The zero-order valence-corrected chi connectivity index (χ0v) is 10.9. The molecule has 0 atom stereocenters. The van der Waals surface area contributed by atoms with Crippen molar-refractivity contribution in [3.8, 4) is 0 Å². The summed E-state index contributed by atoms with van der Waals surface area (Å²) in [5.41, 5.74) is 6.56. The summed E-state index contributed by atoms with van der Waals surface area (Å²) in [7, 11) is 0. The number of nitrogen functional groups attached to an aromatic ring is 1. The first-order chi connectivity index (χ1) is 10.1. The predicted molar refractivity (Wildman–Crippen MR) is 78.2 cm³/mol. The van der Waals surface area contributed by atoms with Crippen molar-refractivity contribution in [1.29, 1.82) is 0 Å². The van der Waals surface area contributed by atoms with Crippen LogP contribution in [0.4, 0.5) is 14.5 Å². The first-order valence-electron chi connectivity index (χ1n) is 6.34. The van der Waals surface area contributed by atoms with Gasteiger partial charge in [0.25, 0.3) is 0 Å². The number of nitrogens with two attached hydrogens (primary N) is 1. The Balaban J connectivity index is 2.12. The van der Waals surface area contributed by atoms with E-state index in [-0.39, 0.29) is 11.1 Å². The van der Waals surface area contributed by atoms with Gasteiger partial charge < -0.3 is 5.73 Å². The fraction of sp³-hybridized carbons (Fsp3) is 0. The van der Waals surface area contributed by atoms with Gasteiger partial charge >= 0.3 is 0 Å². The van der Waals surface area contributed by atoms with E-state index in [4.69, 9.17) is 5.73 Å². The van der Waals surface area contributed by atoms with E-state index in [0.29, 0.717) is 5.69 Å². The number of halogens is 2. The number of fused-ring (bicyclic) bond motifs is 1. The van der Waals surface area contributed by atoms with E-state index in [1.54, 1.807) is 12.1 Å². The monoisotopic (exact) mass is 283 g/mol. The Bertz CT molecular complexity index is 859. The second-order valence-electron chi connectivity index (χ2n) is 4.74. The smallest absolute Gasteiger partial charge is 0.195 e. The SMILES string of the molecule is Nc1cc2ccccc2cc1C(=O)c1ccc(F)c(F)c1. The third kappa shape index (κ3) is 2.36. The summed E-state index contributed by atoms with van der Waals surface area (Å²) in [6, 6.07) is 13.9. The highest BCUT2D eigenvalue weighted by Crippen LogP contribution is 2.24. The summed E-state index contributed by atoms with van der Waals surface area (Å²) in [4.78, 5) is 12.4. The number of benzene rings is 3. The van der Waals surface area contributed by atoms with Gasteiger partial charge in [-0.25, -0.2) is 8.78 Å². The second-order valence-corrected chi connectivity index (χ2v) is 4.74. The van der Waals surface area contributed by atoms with Crippen molar-refractivity contribution in [2.24, 2.45) is 0 Å². The number of ketones is 1. The van der Waals surface area contributed by atoms with Crippen LogP contribution < -0.4 is 5.73 Å². The zero-order chi connectivity index (χ0) is 15.0. The van der Waals surface area contributed by atoms with Crippen molar-refractivity contribution in [2.75, 3.05) is 5.73 Å². The number of hydrogen-bond donors (Lipinski definition) is 1. The molecule has 0 aliphatic heterocycles. The van der Waals surface area contributed by atoms with Crippen LogP contribution in [0, 0.1) is 11.6 Å². The molecule has 0 fully saturated rings. The summed E-state index contributed by atoms with van der Waals surface area (Å²) in [5.74, 6) is -2.48. The van der Waals surface area contributed by atoms with Crippen LogP contribution in [-0.4, -0.2) is 5.78 Å². The number of carbonyl (C=O) groups is 1. The standard InChI is InChI=1S/C17H11F2NO/c18-14-6-5-12(8-15(14)19)17(21)13-7-10-3-1-2-4-11(10)9-16(13)20/h1-9H,20H2. The van der Waals surface area contributed by atoms with Crippen LogP contribution in [0.25, 0.3) is 10.8 Å². The Morgan fingerprint density at radius 2 is 1.52 bits per heavy atom. The third-order valence-electron chi connectivity index (χ3n) is 3.34. The fourth-order valence-corrected chi connectivity index (χ4v) is 2.25. The molecular weight excluding hydrogens is 272 g/mol. The minimum atomic E-state index is -1.06. The van der Waals surface area contributed by atoms with E-state index < -0.39 is 17.4 Å². The van der Waals surface area contributed by atoms with E-state index in [1.165, 1.54) is 6.07 Å². The quantitative estimate of drug-likeness (QED) is 0.572. The molecule has 3 rings (SSSR count). The summed E-state index contributed by atoms with van der Waals surface area (Å²) in [6.07, 6.45) is 0. The van der Waals surface area contributed by atoms with Crippen LogP contribution in [0.15, 0.2) is 54.6 Å². The molecule has 2 N–H and O–H groups in total. The Morgan fingerprint density at radius 3 is 2.19 bits per heavy atom. The first-order valence-corrected chi connectivity index (χ1v) is 6.34. The molecule has 21 heavy (non-hydrogen) atoms. The van der Waals surface area contributed by atoms with E-state index in [2.05, 4.69) is 0 Å². The van der Waals surface area contributed by atoms with Crippen LogP contribution in [0.5, 0.6) is 0 Å². The van der Waals surface area contributed by atoms with Crippen molar-refractivity contribution in [3.63, 3.8) is 0 Å². The van der Waals surface area contributed by atoms with Gasteiger partial charge in [0.05, 0.1) is 0 Å². The van der Waals surface area contributed by atoms with Crippen molar-refractivity contribution in [3.05, 3.63) is 77.4 Å². The zero-order valence-electron chi connectivity index (χ0n) is 10.9. The van der Waals surface area contributed by atoms with Crippen molar-refractivity contribution in [2.45, 2.75) is 0 Å². The molecular formula is C17H11F2NO. The van der Waals surface area contributed by atoms with E-state index in [0.717, 1.165) is 22.9 Å². The lowest BCUT2D eigenvalue weighted by atomic mass is 9.98. The molecule has 0 saturated carbocycles. The Morgan fingerprint density at radius 1 is 0.857 bits per heavy atom. The highest BCUT2D eigenvalue weighted by Gasteiger charge is 2.15. The second kappa shape index (κ2) is 4.98. The third-order valence-corrected chi connectivity index (χ3v) is 3.34. The van der Waals surface area contributed by atoms with Gasteiger partial charge in [-0.05, 0) is 41.1 Å². The minimum absolute atomic E-state index is 0.0656. The summed E-state index contributed by atoms with van der Waals surface area (Å²) in [5, 5.41) is 1.77. The molecule has 0 spiro atoms. The topological polar surface area (TPSA) is 43.1 Å². The lowest BCUT2D eigenvalue weighted by Gasteiger charge is -2.08. The average molecular weight is 283 g/mol. The Kier molecular flexibility index (Phi) is 3.14. The fourth-order valence-electron chi connectivity index (χ4n) is 2.25. The number of hydrogen-bond acceptors (Lipinski definition) is 2. The molecule has 0 aliphatic carbocycles. The van der Waals surface area contributed by atoms with E-state index in [9.17, 15) is 13.6 Å². The van der Waals surface area contributed by atoms with Gasteiger partial charge in [-0.3, -0.25) is 4.79 Å². The molecule has 3 aromatic rings. The molecule has 4 heteroatoms. The molecule has 0 unspecified atom stereocenters. The number of carbonyl (C=O) groups excluding carboxylic acids is 1. The average Bonchev–Trinajstić information content (AvgIpc) is 2.48. The first kappa shape index (κ1) is 13.2. The maximum absolute atomic E-state index is 13.3. The minimum Gasteiger partial charge on any atom is -0.398 e. The maximum atomic E-state index is 13.3. The van der Waals surface area contributed by atoms with Crippen molar-refractivity contribution >= 4 is 22.2 Å². The molecule has 0 radical (unpaired) electrons. The predicted octanol–water partition coefficient (Wildman–Crippen LogP) is 3.93. The number of rotatable bonds is 2. The molecule has 0 aliphatic rings. The van der Waals surface area contributed by atoms with Crippen LogP contribution in [0.1, 0.15) is 15.9 Å². The molecule has 0 amide bonds. The van der Waals surface area contributed by atoms with Gasteiger partial charge in [-0.1, -0.05) is 24.3 Å². The van der Waals surface area contributed by atoms with Gasteiger partial charge in [0.15, 0.2) is 17.4 Å². The van der Waals surface area contributed by atoms with Gasteiger partial charge in [0.2, 0.25) is 0 Å². The summed E-state index contributed by atoms with van der Waals surface area (Å²) >= 11 is 0. The van der Waals surface area contributed by atoms with Crippen LogP contribution in [-0.2, 0) is 0 Å². The highest BCUT2D eigenvalue weighted by molar-refractivity contribution is 6.14. The van der Waals surface area contributed by atoms with Crippen LogP contribution >= 0.6 is 0 Å². The number of anilines is 1. The summed E-state index contributed by atoms with van der Waals surface area (Å²) in [6.45, 7) is 0. The normalized spacial score (nSPS) is 10.8. The van der Waals surface area contributed by atoms with Gasteiger partial charge in [0.1, 0.15) is 0 Å². The molecule has 0 bridgehead atoms. The van der Waals surface area contributed by atoms with E-state index >= 15 is 0 Å². The molecule has 104 valence electrons.